The zero-order valence-electron chi connectivity index (χ0n) is 14.9. The Morgan fingerprint density at radius 3 is 2.54 bits per heavy atom. The molecular formula is C19H28FN3O. The molecule has 2 heterocycles. The van der Waals surface area contributed by atoms with E-state index in [0.29, 0.717) is 12.0 Å². The van der Waals surface area contributed by atoms with Crippen molar-refractivity contribution in [1.82, 2.24) is 14.7 Å². The van der Waals surface area contributed by atoms with E-state index in [1.54, 1.807) is 19.1 Å². The molecule has 0 aliphatic carbocycles. The van der Waals surface area contributed by atoms with Crippen molar-refractivity contribution < 1.29 is 9.18 Å². The second-order valence-electron chi connectivity index (χ2n) is 7.27. The summed E-state index contributed by atoms with van der Waals surface area (Å²) >= 11 is 0. The van der Waals surface area contributed by atoms with Crippen molar-refractivity contribution in [3.05, 3.63) is 35.6 Å². The molecule has 4 nitrogen and oxygen atoms in total. The van der Waals surface area contributed by atoms with Gasteiger partial charge in [0.15, 0.2) is 0 Å². The van der Waals surface area contributed by atoms with Crippen LogP contribution < -0.4 is 0 Å². The Hall–Kier alpha value is -1.46. The molecular weight excluding hydrogens is 305 g/mol. The first-order chi connectivity index (χ1) is 11.5. The molecule has 5 heteroatoms. The van der Waals surface area contributed by atoms with Gasteiger partial charge in [-0.2, -0.15) is 0 Å². The highest BCUT2D eigenvalue weighted by molar-refractivity contribution is 5.73. The number of halogens is 1. The predicted octanol–water partition coefficient (Wildman–Crippen LogP) is 2.37. The minimum atomic E-state index is -0.163. The second-order valence-corrected chi connectivity index (χ2v) is 7.27. The van der Waals surface area contributed by atoms with Crippen molar-refractivity contribution in [2.45, 2.75) is 32.9 Å². The number of amides is 1. The van der Waals surface area contributed by atoms with Gasteiger partial charge < -0.3 is 4.90 Å². The monoisotopic (exact) mass is 333 g/mol. The first kappa shape index (κ1) is 17.4. The third-order valence-electron chi connectivity index (χ3n) is 5.71. The highest BCUT2D eigenvalue weighted by Crippen LogP contribution is 2.30. The molecule has 1 aromatic rings. The molecule has 1 aromatic carbocycles. The Morgan fingerprint density at radius 1 is 1.21 bits per heavy atom. The zero-order chi connectivity index (χ0) is 17.3. The molecule has 3 atom stereocenters. The average Bonchev–Trinajstić information content (AvgIpc) is 2.96. The SMILES string of the molecule is CC(=O)N1CCN(C2CN(C(C)c3cccc(F)c3)CC2C)CC1. The van der Waals surface area contributed by atoms with Gasteiger partial charge in [0.1, 0.15) is 5.82 Å². The third-order valence-corrected chi connectivity index (χ3v) is 5.71. The van der Waals surface area contributed by atoms with Gasteiger partial charge in [0, 0.05) is 58.3 Å². The summed E-state index contributed by atoms with van der Waals surface area (Å²) in [6.45, 7) is 11.7. The lowest BCUT2D eigenvalue weighted by atomic mass is 10.0. The second kappa shape index (κ2) is 7.19. The summed E-state index contributed by atoms with van der Waals surface area (Å²) in [6, 6.07) is 7.70. The molecule has 3 rings (SSSR count). The normalized spacial score (nSPS) is 27.4. The van der Waals surface area contributed by atoms with Crippen LogP contribution in [-0.4, -0.2) is 65.9 Å². The van der Waals surface area contributed by atoms with Crippen LogP contribution in [0.1, 0.15) is 32.4 Å². The molecule has 2 aliphatic rings. The smallest absolute Gasteiger partial charge is 0.219 e. The van der Waals surface area contributed by atoms with E-state index in [4.69, 9.17) is 0 Å². The molecule has 132 valence electrons. The van der Waals surface area contributed by atoms with E-state index in [0.717, 1.165) is 44.8 Å². The fraction of sp³-hybridized carbons (Fsp3) is 0.632. The van der Waals surface area contributed by atoms with Gasteiger partial charge in [-0.15, -0.1) is 0 Å². The quantitative estimate of drug-likeness (QED) is 0.850. The van der Waals surface area contributed by atoms with Crippen LogP contribution in [0.2, 0.25) is 0 Å². The largest absolute Gasteiger partial charge is 0.340 e. The van der Waals surface area contributed by atoms with Crippen LogP contribution in [0.5, 0.6) is 0 Å². The number of likely N-dealkylation sites (tertiary alicyclic amines) is 1. The lowest BCUT2D eigenvalue weighted by molar-refractivity contribution is -0.130. The van der Waals surface area contributed by atoms with Gasteiger partial charge in [-0.1, -0.05) is 19.1 Å². The Morgan fingerprint density at radius 2 is 1.92 bits per heavy atom. The number of carbonyl (C=O) groups excluding carboxylic acids is 1. The minimum Gasteiger partial charge on any atom is -0.340 e. The average molecular weight is 333 g/mol. The standard InChI is InChI=1S/C19H28FN3O/c1-14-12-23(15(2)17-5-4-6-18(20)11-17)13-19(14)22-9-7-21(8-10-22)16(3)24/h4-6,11,14-15,19H,7-10,12-13H2,1-3H3. The molecule has 0 radical (unpaired) electrons. The number of rotatable bonds is 3. The molecule has 3 unspecified atom stereocenters. The number of hydrogen-bond donors (Lipinski definition) is 0. The van der Waals surface area contributed by atoms with Crippen LogP contribution >= 0.6 is 0 Å². The zero-order valence-corrected chi connectivity index (χ0v) is 14.9. The fourth-order valence-electron chi connectivity index (χ4n) is 4.12. The number of piperazine rings is 1. The van der Waals surface area contributed by atoms with E-state index in [9.17, 15) is 9.18 Å². The van der Waals surface area contributed by atoms with Crippen molar-refractivity contribution >= 4 is 5.91 Å². The minimum absolute atomic E-state index is 0.163. The van der Waals surface area contributed by atoms with Crippen molar-refractivity contribution in [3.63, 3.8) is 0 Å². The Labute approximate surface area is 144 Å². The van der Waals surface area contributed by atoms with Crippen LogP contribution in [0.4, 0.5) is 4.39 Å². The van der Waals surface area contributed by atoms with Gasteiger partial charge in [0.05, 0.1) is 0 Å². The van der Waals surface area contributed by atoms with Crippen LogP contribution in [-0.2, 0) is 4.79 Å². The van der Waals surface area contributed by atoms with E-state index < -0.39 is 0 Å². The van der Waals surface area contributed by atoms with Crippen molar-refractivity contribution in [2.24, 2.45) is 5.92 Å². The maximum Gasteiger partial charge on any atom is 0.219 e. The third kappa shape index (κ3) is 3.62. The van der Waals surface area contributed by atoms with Gasteiger partial charge in [0.25, 0.3) is 0 Å². The summed E-state index contributed by atoms with van der Waals surface area (Å²) in [6.07, 6.45) is 0. The molecule has 0 saturated carbocycles. The summed E-state index contributed by atoms with van der Waals surface area (Å²) in [5.41, 5.74) is 1.05. The summed E-state index contributed by atoms with van der Waals surface area (Å²) in [5.74, 6) is 0.601. The highest BCUT2D eigenvalue weighted by Gasteiger charge is 2.37. The predicted molar refractivity (Wildman–Crippen MR) is 93.2 cm³/mol. The number of carbonyl (C=O) groups is 1. The van der Waals surface area contributed by atoms with Crippen molar-refractivity contribution in [3.8, 4) is 0 Å². The van der Waals surface area contributed by atoms with Crippen LogP contribution in [0.25, 0.3) is 0 Å². The first-order valence-electron chi connectivity index (χ1n) is 8.95. The summed E-state index contributed by atoms with van der Waals surface area (Å²) in [7, 11) is 0. The highest BCUT2D eigenvalue weighted by atomic mass is 19.1. The Balaban J connectivity index is 1.61. The Bertz CT molecular complexity index is 586. The summed E-state index contributed by atoms with van der Waals surface area (Å²) in [4.78, 5) is 18.4. The van der Waals surface area contributed by atoms with E-state index in [2.05, 4.69) is 23.6 Å². The van der Waals surface area contributed by atoms with Gasteiger partial charge >= 0.3 is 0 Å². The van der Waals surface area contributed by atoms with Crippen LogP contribution in [0.15, 0.2) is 24.3 Å². The van der Waals surface area contributed by atoms with E-state index in [1.807, 2.05) is 11.0 Å². The lowest BCUT2D eigenvalue weighted by Gasteiger charge is -2.39. The lowest BCUT2D eigenvalue weighted by Crippen LogP contribution is -2.53. The van der Waals surface area contributed by atoms with Crippen LogP contribution in [0.3, 0.4) is 0 Å². The number of nitrogens with zero attached hydrogens (tertiary/aromatic N) is 3. The van der Waals surface area contributed by atoms with Crippen molar-refractivity contribution in [1.29, 1.82) is 0 Å². The van der Waals surface area contributed by atoms with Gasteiger partial charge in [-0.3, -0.25) is 14.6 Å². The molecule has 0 aromatic heterocycles. The Kier molecular flexibility index (Phi) is 5.21. The molecule has 2 aliphatic heterocycles. The molecule has 2 fully saturated rings. The van der Waals surface area contributed by atoms with Crippen LogP contribution in [0, 0.1) is 11.7 Å². The number of benzene rings is 1. The topological polar surface area (TPSA) is 26.8 Å². The van der Waals surface area contributed by atoms with Crippen molar-refractivity contribution in [2.75, 3.05) is 39.3 Å². The van der Waals surface area contributed by atoms with E-state index in [-0.39, 0.29) is 17.8 Å². The fourth-order valence-corrected chi connectivity index (χ4v) is 4.12. The summed E-state index contributed by atoms with van der Waals surface area (Å²) < 4.78 is 13.5. The molecule has 1 amide bonds. The maximum absolute atomic E-state index is 13.5. The van der Waals surface area contributed by atoms with Gasteiger partial charge in [-0.25, -0.2) is 4.39 Å². The maximum atomic E-state index is 13.5. The van der Waals surface area contributed by atoms with Gasteiger partial charge in [0.2, 0.25) is 5.91 Å². The molecule has 24 heavy (non-hydrogen) atoms. The van der Waals surface area contributed by atoms with E-state index >= 15 is 0 Å². The number of hydrogen-bond acceptors (Lipinski definition) is 3. The van der Waals surface area contributed by atoms with E-state index in [1.165, 1.54) is 6.07 Å². The summed E-state index contributed by atoms with van der Waals surface area (Å²) in [5, 5.41) is 0. The molecule has 0 spiro atoms. The van der Waals surface area contributed by atoms with Gasteiger partial charge in [-0.05, 0) is 30.5 Å². The first-order valence-corrected chi connectivity index (χ1v) is 8.95. The molecule has 2 saturated heterocycles. The molecule has 0 N–H and O–H groups in total. The molecule has 0 bridgehead atoms.